The summed E-state index contributed by atoms with van der Waals surface area (Å²) in [6.07, 6.45) is -0.429. The number of aromatic nitrogens is 3. The monoisotopic (exact) mass is 376 g/mol. The average molecular weight is 376 g/mol. The highest BCUT2D eigenvalue weighted by molar-refractivity contribution is 5.78. The van der Waals surface area contributed by atoms with Crippen molar-refractivity contribution in [1.82, 2.24) is 14.8 Å². The maximum absolute atomic E-state index is 12.7. The van der Waals surface area contributed by atoms with E-state index in [0.29, 0.717) is 18.0 Å². The van der Waals surface area contributed by atoms with Crippen LogP contribution in [0.3, 0.4) is 0 Å². The molecule has 4 rings (SSSR count). The molecule has 2 aromatic carbocycles. The van der Waals surface area contributed by atoms with Gasteiger partial charge in [0.2, 0.25) is 0 Å². The Morgan fingerprint density at radius 3 is 2.68 bits per heavy atom. The number of hydrogen-bond acceptors (Lipinski definition) is 6. The van der Waals surface area contributed by atoms with E-state index < -0.39 is 11.7 Å². The molecule has 3 aromatic rings. The molecular formula is C21H20N4O3. The fourth-order valence-corrected chi connectivity index (χ4v) is 3.25. The molecule has 0 fully saturated rings. The van der Waals surface area contributed by atoms with Crippen LogP contribution in [0, 0.1) is 6.92 Å². The van der Waals surface area contributed by atoms with E-state index in [9.17, 15) is 9.59 Å². The number of carbonyl (C=O) groups excluding carboxylic acids is 1. The summed E-state index contributed by atoms with van der Waals surface area (Å²) in [4.78, 5) is 29.1. The third kappa shape index (κ3) is 3.26. The van der Waals surface area contributed by atoms with E-state index in [1.54, 1.807) is 11.6 Å². The van der Waals surface area contributed by atoms with E-state index >= 15 is 0 Å². The number of hydrogen-bond donors (Lipinski definition) is 1. The third-order valence-electron chi connectivity index (χ3n) is 4.61. The molecule has 1 N–H and O–H groups in total. The van der Waals surface area contributed by atoms with Crippen LogP contribution in [0.2, 0.25) is 0 Å². The Labute approximate surface area is 162 Å². The molecule has 0 spiro atoms. The van der Waals surface area contributed by atoms with Crippen LogP contribution < -0.4 is 10.9 Å². The fourth-order valence-electron chi connectivity index (χ4n) is 3.25. The van der Waals surface area contributed by atoms with Crippen molar-refractivity contribution < 1.29 is 9.53 Å². The van der Waals surface area contributed by atoms with Crippen LogP contribution >= 0.6 is 0 Å². The van der Waals surface area contributed by atoms with Gasteiger partial charge in [0.1, 0.15) is 6.17 Å². The van der Waals surface area contributed by atoms with Crippen LogP contribution in [-0.2, 0) is 9.53 Å². The second kappa shape index (κ2) is 7.26. The molecule has 0 amide bonds. The first-order chi connectivity index (χ1) is 13.6. The number of aryl methyl sites for hydroxylation is 1. The fraction of sp³-hybridized carbons (Fsp3) is 0.238. The second-order valence-corrected chi connectivity index (χ2v) is 6.61. The minimum Gasteiger partial charge on any atom is -0.466 e. The van der Waals surface area contributed by atoms with Crippen LogP contribution in [0.5, 0.6) is 0 Å². The number of benzene rings is 2. The van der Waals surface area contributed by atoms with Crippen molar-refractivity contribution in [3.63, 3.8) is 0 Å². The van der Waals surface area contributed by atoms with Crippen LogP contribution in [0.1, 0.15) is 25.1 Å². The van der Waals surface area contributed by atoms with E-state index in [1.807, 2.05) is 55.5 Å². The number of rotatable bonds is 4. The van der Waals surface area contributed by atoms with Gasteiger partial charge in [-0.3, -0.25) is 9.59 Å². The quantitative estimate of drug-likeness (QED) is 0.704. The standard InChI is InChI=1S/C21H20N4O3/c1-3-28-18(26)12-17-22-16-7-5-4-6-15(16)20-23-21(27)19(24-25(17)20)14-10-8-13(2)9-11-14/h4-11,17,22H,3,12H2,1-2H3. The molecule has 0 radical (unpaired) electrons. The number of carbonyl (C=O) groups is 1. The van der Waals surface area contributed by atoms with E-state index in [-0.39, 0.29) is 18.1 Å². The van der Waals surface area contributed by atoms with Gasteiger partial charge in [0.15, 0.2) is 11.5 Å². The van der Waals surface area contributed by atoms with E-state index in [0.717, 1.165) is 16.8 Å². The number of nitrogens with one attached hydrogen (secondary N) is 1. The van der Waals surface area contributed by atoms with Gasteiger partial charge < -0.3 is 10.1 Å². The molecule has 1 atom stereocenters. The summed E-state index contributed by atoms with van der Waals surface area (Å²) in [7, 11) is 0. The topological polar surface area (TPSA) is 86.1 Å². The molecule has 1 aliphatic heterocycles. The van der Waals surface area contributed by atoms with Gasteiger partial charge in [-0.1, -0.05) is 42.0 Å². The van der Waals surface area contributed by atoms with Crippen molar-refractivity contribution in [3.8, 4) is 22.6 Å². The van der Waals surface area contributed by atoms with Gasteiger partial charge in [-0.2, -0.15) is 10.1 Å². The first kappa shape index (κ1) is 17.9. The highest BCUT2D eigenvalue weighted by Crippen LogP contribution is 2.35. The molecule has 7 heteroatoms. The van der Waals surface area contributed by atoms with Gasteiger partial charge in [-0.25, -0.2) is 4.68 Å². The molecule has 2 heterocycles. The van der Waals surface area contributed by atoms with E-state index in [2.05, 4.69) is 15.4 Å². The molecule has 0 aliphatic carbocycles. The summed E-state index contributed by atoms with van der Waals surface area (Å²) in [5.41, 5.74) is 3.19. The number of nitrogens with zero attached hydrogens (tertiary/aromatic N) is 3. The largest absolute Gasteiger partial charge is 0.466 e. The molecular weight excluding hydrogens is 356 g/mol. The molecule has 28 heavy (non-hydrogen) atoms. The lowest BCUT2D eigenvalue weighted by Crippen LogP contribution is -2.33. The Morgan fingerprint density at radius 2 is 1.93 bits per heavy atom. The number of ether oxygens (including phenoxy) is 1. The Morgan fingerprint density at radius 1 is 1.18 bits per heavy atom. The zero-order valence-corrected chi connectivity index (χ0v) is 15.7. The van der Waals surface area contributed by atoms with Gasteiger partial charge >= 0.3 is 5.97 Å². The lowest BCUT2D eigenvalue weighted by Gasteiger charge is -2.29. The van der Waals surface area contributed by atoms with E-state index in [1.165, 1.54) is 0 Å². The van der Waals surface area contributed by atoms with Gasteiger partial charge in [0.25, 0.3) is 5.56 Å². The average Bonchev–Trinajstić information content (AvgIpc) is 2.69. The summed E-state index contributed by atoms with van der Waals surface area (Å²) >= 11 is 0. The highest BCUT2D eigenvalue weighted by Gasteiger charge is 2.28. The minimum absolute atomic E-state index is 0.0695. The van der Waals surface area contributed by atoms with Gasteiger partial charge in [-0.15, -0.1) is 0 Å². The maximum atomic E-state index is 12.7. The molecule has 1 aromatic heterocycles. The summed E-state index contributed by atoms with van der Waals surface area (Å²) < 4.78 is 6.70. The first-order valence-corrected chi connectivity index (χ1v) is 9.16. The predicted molar refractivity (Wildman–Crippen MR) is 106 cm³/mol. The van der Waals surface area contributed by atoms with Crippen LogP contribution in [0.25, 0.3) is 22.6 Å². The number of para-hydroxylation sites is 1. The second-order valence-electron chi connectivity index (χ2n) is 6.61. The van der Waals surface area contributed by atoms with Crippen molar-refractivity contribution in [2.24, 2.45) is 0 Å². The summed E-state index contributed by atoms with van der Waals surface area (Å²) in [5.74, 6) is 0.0900. The lowest BCUT2D eigenvalue weighted by atomic mass is 10.1. The Hall–Kier alpha value is -3.48. The number of esters is 1. The zero-order chi connectivity index (χ0) is 19.7. The zero-order valence-electron chi connectivity index (χ0n) is 15.7. The van der Waals surface area contributed by atoms with Crippen molar-refractivity contribution in [2.75, 3.05) is 11.9 Å². The third-order valence-corrected chi connectivity index (χ3v) is 4.61. The maximum Gasteiger partial charge on any atom is 0.309 e. The molecule has 0 bridgehead atoms. The number of fused-ring (bicyclic) bond motifs is 3. The Bertz CT molecular complexity index is 1090. The Kier molecular flexibility index (Phi) is 4.65. The molecule has 142 valence electrons. The smallest absolute Gasteiger partial charge is 0.309 e. The molecule has 1 aliphatic rings. The van der Waals surface area contributed by atoms with Gasteiger partial charge in [-0.05, 0) is 26.0 Å². The van der Waals surface area contributed by atoms with Crippen molar-refractivity contribution in [2.45, 2.75) is 26.4 Å². The van der Waals surface area contributed by atoms with Gasteiger partial charge in [0.05, 0.1) is 13.0 Å². The molecule has 0 saturated heterocycles. The molecule has 1 unspecified atom stereocenters. The SMILES string of the molecule is CCOC(=O)CC1Nc2ccccc2-c2nc(=O)c(-c3ccc(C)cc3)nn21. The number of anilines is 1. The lowest BCUT2D eigenvalue weighted by molar-refractivity contribution is -0.143. The normalized spacial score (nSPS) is 14.6. The molecule has 7 nitrogen and oxygen atoms in total. The Balaban J connectivity index is 1.85. The summed E-state index contributed by atoms with van der Waals surface area (Å²) in [6, 6.07) is 15.0. The summed E-state index contributed by atoms with van der Waals surface area (Å²) in [5, 5.41) is 7.88. The van der Waals surface area contributed by atoms with Gasteiger partial charge in [0, 0.05) is 16.8 Å². The molecule has 0 saturated carbocycles. The van der Waals surface area contributed by atoms with Crippen LogP contribution in [0.15, 0.2) is 53.3 Å². The highest BCUT2D eigenvalue weighted by atomic mass is 16.5. The van der Waals surface area contributed by atoms with Crippen molar-refractivity contribution in [1.29, 1.82) is 0 Å². The summed E-state index contributed by atoms with van der Waals surface area (Å²) in [6.45, 7) is 4.05. The minimum atomic E-state index is -0.499. The van der Waals surface area contributed by atoms with Crippen molar-refractivity contribution in [3.05, 3.63) is 64.4 Å². The predicted octanol–water partition coefficient (Wildman–Crippen LogP) is 3.16. The van der Waals surface area contributed by atoms with Crippen LogP contribution in [-0.4, -0.2) is 27.3 Å². The first-order valence-electron chi connectivity index (χ1n) is 9.16. The van der Waals surface area contributed by atoms with E-state index in [4.69, 9.17) is 4.74 Å². The van der Waals surface area contributed by atoms with Crippen LogP contribution in [0.4, 0.5) is 5.69 Å². The van der Waals surface area contributed by atoms with Crippen molar-refractivity contribution >= 4 is 11.7 Å².